The molecule has 2 aliphatic rings. The molecule has 1 aromatic carbocycles. The lowest BCUT2D eigenvalue weighted by molar-refractivity contribution is -0.117. The van der Waals surface area contributed by atoms with Crippen molar-refractivity contribution in [2.45, 2.75) is 31.1 Å². The zero-order valence-electron chi connectivity index (χ0n) is 15.7. The Balaban J connectivity index is 1.43. The van der Waals surface area contributed by atoms with Crippen molar-refractivity contribution in [3.05, 3.63) is 41.2 Å². The van der Waals surface area contributed by atoms with Gasteiger partial charge >= 0.3 is 0 Å². The Bertz CT molecular complexity index is 1380. The van der Waals surface area contributed by atoms with Crippen molar-refractivity contribution in [2.75, 3.05) is 5.32 Å². The van der Waals surface area contributed by atoms with E-state index in [0.717, 1.165) is 0 Å². The van der Waals surface area contributed by atoms with Gasteiger partial charge in [-0.1, -0.05) is 11.6 Å². The highest BCUT2D eigenvalue weighted by atomic mass is 35.5. The summed E-state index contributed by atoms with van der Waals surface area (Å²) in [7, 11) is 0. The van der Waals surface area contributed by atoms with Crippen LogP contribution in [0.1, 0.15) is 24.3 Å². The van der Waals surface area contributed by atoms with Crippen LogP contribution in [-0.4, -0.2) is 42.8 Å². The van der Waals surface area contributed by atoms with E-state index in [0.29, 0.717) is 27.8 Å². The number of hydrogen-bond acceptors (Lipinski definition) is 4. The molecule has 0 radical (unpaired) electrons. The number of alkyl halides is 2. The third-order valence-corrected chi connectivity index (χ3v) is 6.16. The summed E-state index contributed by atoms with van der Waals surface area (Å²) in [5, 5.41) is 9.70. The number of hydrogen-bond donors (Lipinski definition) is 2. The number of anilines is 1. The van der Waals surface area contributed by atoms with Crippen LogP contribution in [0.15, 0.2) is 24.8 Å². The number of aromatic amines is 1. The summed E-state index contributed by atoms with van der Waals surface area (Å²) < 4.78 is 43.5. The summed E-state index contributed by atoms with van der Waals surface area (Å²) in [5.74, 6) is -2.03. The van der Waals surface area contributed by atoms with Crippen LogP contribution in [0.25, 0.3) is 27.8 Å². The van der Waals surface area contributed by atoms with E-state index in [2.05, 4.69) is 25.5 Å². The summed E-state index contributed by atoms with van der Waals surface area (Å²) >= 11 is 6.37. The molecule has 31 heavy (non-hydrogen) atoms. The van der Waals surface area contributed by atoms with Crippen molar-refractivity contribution < 1.29 is 18.0 Å². The fraction of sp³-hybridized carbons (Fsp3) is 0.300. The molecule has 4 atom stereocenters. The van der Waals surface area contributed by atoms with E-state index in [1.165, 1.54) is 12.4 Å². The summed E-state index contributed by atoms with van der Waals surface area (Å²) in [6.07, 6.45) is 4.36. The van der Waals surface area contributed by atoms with Gasteiger partial charge in [-0.3, -0.25) is 14.9 Å². The second kappa shape index (κ2) is 6.43. The van der Waals surface area contributed by atoms with Crippen molar-refractivity contribution in [2.24, 2.45) is 5.92 Å². The zero-order valence-corrected chi connectivity index (χ0v) is 16.5. The number of nitrogens with one attached hydrogen (secondary N) is 2. The molecular weight excluding hydrogens is 433 g/mol. The van der Waals surface area contributed by atoms with Crippen molar-refractivity contribution >= 4 is 39.9 Å². The average molecular weight is 447 g/mol. The Hall–Kier alpha value is -3.14. The maximum Gasteiger partial charge on any atom is 0.231 e. The predicted octanol–water partition coefficient (Wildman–Crippen LogP) is 4.19. The first-order valence-electron chi connectivity index (χ1n) is 9.70. The molecule has 0 saturated heterocycles. The van der Waals surface area contributed by atoms with Gasteiger partial charge in [0.15, 0.2) is 11.5 Å². The molecule has 0 aliphatic heterocycles. The van der Waals surface area contributed by atoms with Crippen LogP contribution < -0.4 is 5.32 Å². The van der Waals surface area contributed by atoms with E-state index in [9.17, 15) is 13.6 Å². The third kappa shape index (κ3) is 2.88. The lowest BCUT2D eigenvalue weighted by Crippen LogP contribution is -2.15. The Morgan fingerprint density at radius 3 is 2.71 bits per heavy atom. The molecule has 3 heterocycles. The van der Waals surface area contributed by atoms with E-state index >= 15 is 4.39 Å². The number of aromatic nitrogens is 5. The first-order valence-corrected chi connectivity index (χ1v) is 10.1. The van der Waals surface area contributed by atoms with Crippen LogP contribution in [0.2, 0.25) is 5.02 Å². The Morgan fingerprint density at radius 1 is 1.23 bits per heavy atom. The van der Waals surface area contributed by atoms with Gasteiger partial charge in [0.25, 0.3) is 0 Å². The summed E-state index contributed by atoms with van der Waals surface area (Å²) in [6, 6.07) is 0. The second-order valence-electron chi connectivity index (χ2n) is 7.95. The second-order valence-corrected chi connectivity index (χ2v) is 8.32. The van der Waals surface area contributed by atoms with Gasteiger partial charge in [0.05, 0.1) is 40.7 Å². The first kappa shape index (κ1) is 18.6. The van der Waals surface area contributed by atoms with Gasteiger partial charge in [-0.25, -0.2) is 18.2 Å². The molecule has 0 bridgehead atoms. The molecule has 3 aromatic heterocycles. The SMILES string of the molecule is O=C(Nc1cn2cc(-c3c(Cl)c(F)c(C4CC4F)c4[nH]ncc34)ncc2n1)[C@@H]1C[C@@H]1F. The highest BCUT2D eigenvalue weighted by molar-refractivity contribution is 6.35. The molecule has 2 fully saturated rings. The highest BCUT2D eigenvalue weighted by Crippen LogP contribution is 2.50. The fourth-order valence-electron chi connectivity index (χ4n) is 3.94. The molecule has 6 rings (SSSR count). The molecule has 4 aromatic rings. The Labute approximate surface area is 177 Å². The van der Waals surface area contributed by atoms with Gasteiger partial charge in [-0.15, -0.1) is 0 Å². The molecule has 11 heteroatoms. The lowest BCUT2D eigenvalue weighted by atomic mass is 10.00. The van der Waals surface area contributed by atoms with Gasteiger partial charge in [-0.05, 0) is 12.8 Å². The molecule has 2 unspecified atom stereocenters. The maximum atomic E-state index is 15.1. The number of carbonyl (C=O) groups excluding carboxylic acids is 1. The van der Waals surface area contributed by atoms with Crippen molar-refractivity contribution in [3.63, 3.8) is 0 Å². The van der Waals surface area contributed by atoms with Crippen molar-refractivity contribution in [3.8, 4) is 11.3 Å². The predicted molar refractivity (Wildman–Crippen MR) is 107 cm³/mol. The number of benzene rings is 1. The van der Waals surface area contributed by atoms with Crippen LogP contribution in [0.4, 0.5) is 19.0 Å². The molecule has 2 saturated carbocycles. The molecule has 1 amide bonds. The minimum absolute atomic E-state index is 0.161. The monoisotopic (exact) mass is 446 g/mol. The molecule has 0 spiro atoms. The number of carbonyl (C=O) groups is 1. The standard InChI is InChI=1S/C20H14ClF3N6O/c21-17-15(9-3-26-29-19(9)16(18(17)24)7-1-10(7)22)12-5-30-6-13(27-14(30)4-25-12)28-20(31)8-2-11(8)23/h3-8,10-11H,1-2H2,(H,26,29)(H,28,31)/t7?,8-,10?,11+/m1/s1. The minimum Gasteiger partial charge on any atom is -0.309 e. The van der Waals surface area contributed by atoms with Crippen LogP contribution in [0, 0.1) is 11.7 Å². The fourth-order valence-corrected chi connectivity index (χ4v) is 4.24. The number of rotatable bonds is 4. The van der Waals surface area contributed by atoms with Crippen LogP contribution in [0.5, 0.6) is 0 Å². The third-order valence-electron chi connectivity index (χ3n) is 5.81. The number of H-pyrrole nitrogens is 1. The van der Waals surface area contributed by atoms with Gasteiger partial charge in [0.2, 0.25) is 5.91 Å². The number of nitrogens with zero attached hydrogens (tertiary/aromatic N) is 4. The largest absolute Gasteiger partial charge is 0.309 e. The summed E-state index contributed by atoms with van der Waals surface area (Å²) in [4.78, 5) is 20.5. The molecule has 2 N–H and O–H groups in total. The molecule has 7 nitrogen and oxygen atoms in total. The van der Waals surface area contributed by atoms with E-state index in [1.807, 2.05) is 0 Å². The Kier molecular flexibility index (Phi) is 3.86. The molecule has 158 valence electrons. The van der Waals surface area contributed by atoms with E-state index in [4.69, 9.17) is 11.6 Å². The summed E-state index contributed by atoms with van der Waals surface area (Å²) in [5.41, 5.74) is 1.70. The van der Waals surface area contributed by atoms with Gasteiger partial charge < -0.3 is 9.72 Å². The number of imidazole rings is 1. The number of halogens is 4. The maximum absolute atomic E-state index is 15.1. The minimum atomic E-state index is -1.11. The number of fused-ring (bicyclic) bond motifs is 2. The van der Waals surface area contributed by atoms with Crippen LogP contribution in [0.3, 0.4) is 0 Å². The van der Waals surface area contributed by atoms with E-state index in [1.54, 1.807) is 16.8 Å². The Morgan fingerprint density at radius 2 is 2.00 bits per heavy atom. The topological polar surface area (TPSA) is 88.0 Å². The van der Waals surface area contributed by atoms with Crippen LogP contribution in [-0.2, 0) is 4.79 Å². The smallest absolute Gasteiger partial charge is 0.231 e. The van der Waals surface area contributed by atoms with Gasteiger partial charge in [0.1, 0.15) is 18.2 Å². The molecular formula is C20H14ClF3N6O. The van der Waals surface area contributed by atoms with Crippen molar-refractivity contribution in [1.29, 1.82) is 0 Å². The normalized spacial score (nSPS) is 24.6. The van der Waals surface area contributed by atoms with Crippen molar-refractivity contribution in [1.82, 2.24) is 24.6 Å². The average Bonchev–Trinajstić information content (AvgIpc) is 3.51. The van der Waals surface area contributed by atoms with Gasteiger partial charge in [0, 0.05) is 28.6 Å². The molecule has 2 aliphatic carbocycles. The lowest BCUT2D eigenvalue weighted by Gasteiger charge is -2.11. The van der Waals surface area contributed by atoms with E-state index in [-0.39, 0.29) is 29.2 Å². The quantitative estimate of drug-likeness (QED) is 0.492. The van der Waals surface area contributed by atoms with E-state index < -0.39 is 35.9 Å². The number of amides is 1. The van der Waals surface area contributed by atoms with Crippen LogP contribution >= 0.6 is 11.6 Å². The van der Waals surface area contributed by atoms with Gasteiger partial charge in [-0.2, -0.15) is 5.10 Å². The first-order chi connectivity index (χ1) is 14.9. The summed E-state index contributed by atoms with van der Waals surface area (Å²) in [6.45, 7) is 0. The highest BCUT2D eigenvalue weighted by Gasteiger charge is 2.44. The zero-order chi connectivity index (χ0) is 21.4.